The van der Waals surface area contributed by atoms with Crippen molar-refractivity contribution in [3.05, 3.63) is 0 Å². The van der Waals surface area contributed by atoms with E-state index in [4.69, 9.17) is 10.8 Å². The molecular weight excluding hydrogens is 230 g/mol. The Bertz CT molecular complexity index is 300. The lowest BCUT2D eigenvalue weighted by Crippen LogP contribution is -2.17. The minimum atomic E-state index is -2.98. The molecule has 0 amide bonds. The molecule has 0 saturated heterocycles. The fraction of sp³-hybridized carbons (Fsp3) is 0.900. The molecule has 16 heavy (non-hydrogen) atoms. The maximum atomic E-state index is 11.2. The molecule has 0 rings (SSSR count). The van der Waals surface area contributed by atoms with Crippen LogP contribution < -0.4 is 5.73 Å². The van der Waals surface area contributed by atoms with Crippen LogP contribution in [-0.2, 0) is 14.6 Å². The summed E-state index contributed by atoms with van der Waals surface area (Å²) in [5, 5.41) is 8.90. The van der Waals surface area contributed by atoms with Crippen LogP contribution in [-0.4, -0.2) is 37.5 Å². The topological polar surface area (TPSA) is 97.5 Å². The van der Waals surface area contributed by atoms with Crippen LogP contribution in [0.5, 0.6) is 0 Å². The number of carboxylic acids is 1. The van der Waals surface area contributed by atoms with E-state index in [1.165, 1.54) is 0 Å². The normalized spacial score (nSPS) is 13.6. The first-order valence-corrected chi connectivity index (χ1v) is 7.38. The van der Waals surface area contributed by atoms with Gasteiger partial charge in [-0.2, -0.15) is 0 Å². The number of carboxylic acid groups (broad SMARTS) is 1. The molecule has 0 bridgehead atoms. The van der Waals surface area contributed by atoms with Gasteiger partial charge in [0, 0.05) is 5.75 Å². The highest BCUT2D eigenvalue weighted by atomic mass is 32.2. The van der Waals surface area contributed by atoms with Crippen LogP contribution in [0.4, 0.5) is 0 Å². The van der Waals surface area contributed by atoms with Crippen molar-refractivity contribution < 1.29 is 18.3 Å². The zero-order valence-electron chi connectivity index (χ0n) is 9.68. The van der Waals surface area contributed by atoms with Gasteiger partial charge in [0.1, 0.15) is 9.84 Å². The highest BCUT2D eigenvalue weighted by Gasteiger charge is 2.17. The van der Waals surface area contributed by atoms with Crippen molar-refractivity contribution in [1.82, 2.24) is 0 Å². The zero-order chi connectivity index (χ0) is 12.6. The van der Waals surface area contributed by atoms with Crippen LogP contribution >= 0.6 is 0 Å². The van der Waals surface area contributed by atoms with E-state index in [-0.39, 0.29) is 11.5 Å². The number of hydrogen-bond acceptors (Lipinski definition) is 4. The molecule has 5 nitrogen and oxygen atoms in total. The highest BCUT2D eigenvalue weighted by Crippen LogP contribution is 2.14. The summed E-state index contributed by atoms with van der Waals surface area (Å²) >= 11 is 0. The summed E-state index contributed by atoms with van der Waals surface area (Å²) in [5.41, 5.74) is 5.31. The Kier molecular flexibility index (Phi) is 7.33. The first-order chi connectivity index (χ1) is 7.43. The molecule has 0 aromatic rings. The third-order valence-electron chi connectivity index (χ3n) is 2.55. The predicted molar refractivity (Wildman–Crippen MR) is 63.0 cm³/mol. The fourth-order valence-electron chi connectivity index (χ4n) is 1.45. The maximum Gasteiger partial charge on any atom is 0.306 e. The van der Waals surface area contributed by atoms with Gasteiger partial charge >= 0.3 is 5.97 Å². The monoisotopic (exact) mass is 251 g/mol. The van der Waals surface area contributed by atoms with Crippen molar-refractivity contribution in [3.8, 4) is 0 Å². The second kappa shape index (κ2) is 7.62. The highest BCUT2D eigenvalue weighted by molar-refractivity contribution is 7.91. The average Bonchev–Trinajstić information content (AvgIpc) is 2.22. The third kappa shape index (κ3) is 6.79. The summed E-state index contributed by atoms with van der Waals surface area (Å²) in [6.07, 6.45) is 2.02. The van der Waals surface area contributed by atoms with Gasteiger partial charge in [0.2, 0.25) is 0 Å². The Balaban J connectivity index is 3.98. The van der Waals surface area contributed by atoms with Crippen molar-refractivity contribution in [1.29, 1.82) is 0 Å². The van der Waals surface area contributed by atoms with Gasteiger partial charge < -0.3 is 10.8 Å². The maximum absolute atomic E-state index is 11.2. The molecule has 0 fully saturated rings. The van der Waals surface area contributed by atoms with E-state index < -0.39 is 21.7 Å². The average molecular weight is 251 g/mol. The molecule has 0 aromatic carbocycles. The molecule has 0 heterocycles. The first kappa shape index (κ1) is 15.4. The number of hydrogen-bond donors (Lipinski definition) is 2. The lowest BCUT2D eigenvalue weighted by molar-refractivity contribution is -0.142. The third-order valence-corrected chi connectivity index (χ3v) is 4.34. The number of sulfone groups is 1. The van der Waals surface area contributed by atoms with E-state index in [1.807, 2.05) is 0 Å². The van der Waals surface area contributed by atoms with Gasteiger partial charge in [0.05, 0.1) is 11.7 Å². The van der Waals surface area contributed by atoms with Gasteiger partial charge in [0.25, 0.3) is 0 Å². The molecule has 96 valence electrons. The Morgan fingerprint density at radius 3 is 2.31 bits per heavy atom. The van der Waals surface area contributed by atoms with Crippen molar-refractivity contribution >= 4 is 15.8 Å². The van der Waals surface area contributed by atoms with Crippen LogP contribution in [0.15, 0.2) is 0 Å². The standard InChI is InChI=1S/C10H21NO4S/c1-2-16(14,15)8-4-6-9(10(12)13)5-3-7-11/h9H,2-8,11H2,1H3,(H,12,13). The summed E-state index contributed by atoms with van der Waals surface area (Å²) < 4.78 is 22.4. The Morgan fingerprint density at radius 1 is 1.31 bits per heavy atom. The van der Waals surface area contributed by atoms with Crippen molar-refractivity contribution in [3.63, 3.8) is 0 Å². The molecule has 0 aromatic heterocycles. The first-order valence-electron chi connectivity index (χ1n) is 5.56. The van der Waals surface area contributed by atoms with Gasteiger partial charge in [-0.3, -0.25) is 4.79 Å². The van der Waals surface area contributed by atoms with Gasteiger partial charge in [-0.15, -0.1) is 0 Å². The quantitative estimate of drug-likeness (QED) is 0.626. The summed E-state index contributed by atoms with van der Waals surface area (Å²) in [5.74, 6) is -1.12. The number of rotatable bonds is 9. The summed E-state index contributed by atoms with van der Waals surface area (Å²) in [4.78, 5) is 10.8. The SMILES string of the molecule is CCS(=O)(=O)CCCC(CCCN)C(=O)O. The van der Waals surface area contributed by atoms with E-state index in [0.717, 1.165) is 0 Å². The van der Waals surface area contributed by atoms with Gasteiger partial charge in [-0.1, -0.05) is 6.92 Å². The van der Waals surface area contributed by atoms with E-state index in [9.17, 15) is 13.2 Å². The molecule has 0 aliphatic heterocycles. The second-order valence-corrected chi connectivity index (χ2v) is 6.32. The van der Waals surface area contributed by atoms with Gasteiger partial charge in [-0.25, -0.2) is 8.42 Å². The molecule has 1 atom stereocenters. The lowest BCUT2D eigenvalue weighted by atomic mass is 9.98. The largest absolute Gasteiger partial charge is 0.481 e. The molecule has 0 aliphatic carbocycles. The van der Waals surface area contributed by atoms with Crippen molar-refractivity contribution in [2.45, 2.75) is 32.6 Å². The number of nitrogens with two attached hydrogens (primary N) is 1. The van der Waals surface area contributed by atoms with E-state index in [1.54, 1.807) is 6.92 Å². The summed E-state index contributed by atoms with van der Waals surface area (Å²) in [7, 11) is -2.98. The Labute approximate surface area is 96.9 Å². The molecule has 0 radical (unpaired) electrons. The van der Waals surface area contributed by atoms with Crippen molar-refractivity contribution in [2.75, 3.05) is 18.1 Å². The second-order valence-electron chi connectivity index (χ2n) is 3.84. The molecule has 0 saturated carbocycles. The van der Waals surface area contributed by atoms with Crippen LogP contribution in [0.25, 0.3) is 0 Å². The van der Waals surface area contributed by atoms with Crippen LogP contribution in [0.3, 0.4) is 0 Å². The lowest BCUT2D eigenvalue weighted by Gasteiger charge is -2.11. The van der Waals surface area contributed by atoms with Gasteiger partial charge in [0.15, 0.2) is 0 Å². The summed E-state index contributed by atoms with van der Waals surface area (Å²) in [6.45, 7) is 2.06. The molecular formula is C10H21NO4S. The van der Waals surface area contributed by atoms with Gasteiger partial charge in [-0.05, 0) is 32.2 Å². The van der Waals surface area contributed by atoms with Crippen molar-refractivity contribution in [2.24, 2.45) is 11.7 Å². The smallest absolute Gasteiger partial charge is 0.306 e. The fourth-order valence-corrected chi connectivity index (χ4v) is 2.34. The van der Waals surface area contributed by atoms with E-state index >= 15 is 0 Å². The van der Waals surface area contributed by atoms with Crippen LogP contribution in [0.2, 0.25) is 0 Å². The van der Waals surface area contributed by atoms with E-state index in [2.05, 4.69) is 0 Å². The van der Waals surface area contributed by atoms with Crippen LogP contribution in [0.1, 0.15) is 32.6 Å². The minimum Gasteiger partial charge on any atom is -0.481 e. The van der Waals surface area contributed by atoms with Crippen LogP contribution in [0, 0.1) is 5.92 Å². The molecule has 3 N–H and O–H groups in total. The minimum absolute atomic E-state index is 0.0793. The predicted octanol–water partition coefficient (Wildman–Crippen LogP) is 0.641. The summed E-state index contributed by atoms with van der Waals surface area (Å²) in [6, 6.07) is 0. The molecule has 1 unspecified atom stereocenters. The number of aliphatic carboxylic acids is 1. The Morgan fingerprint density at radius 2 is 1.88 bits per heavy atom. The molecule has 0 spiro atoms. The number of carbonyl (C=O) groups is 1. The van der Waals surface area contributed by atoms with E-state index in [0.29, 0.717) is 32.2 Å². The Hall–Kier alpha value is -0.620. The zero-order valence-corrected chi connectivity index (χ0v) is 10.5. The molecule has 0 aliphatic rings. The molecule has 6 heteroatoms.